The maximum absolute atomic E-state index is 11.4. The Morgan fingerprint density at radius 3 is 2.72 bits per heavy atom. The lowest BCUT2D eigenvalue weighted by atomic mass is 10.1. The molecule has 0 aliphatic rings. The second-order valence-corrected chi connectivity index (χ2v) is 4.63. The van der Waals surface area contributed by atoms with E-state index in [4.69, 9.17) is 10.5 Å². The number of hydrogen-bond acceptors (Lipinski definition) is 4. The molecule has 4 nitrogen and oxygen atoms in total. The molecule has 0 aromatic heterocycles. The molecular formula is C14H21NO3. The Morgan fingerprint density at radius 2 is 2.11 bits per heavy atom. The molecule has 0 bridgehead atoms. The summed E-state index contributed by atoms with van der Waals surface area (Å²) in [6.07, 6.45) is 2.08. The van der Waals surface area contributed by atoms with Crippen LogP contribution in [0.4, 0.5) is 5.69 Å². The summed E-state index contributed by atoms with van der Waals surface area (Å²) in [5, 5.41) is 0. The zero-order valence-electron chi connectivity index (χ0n) is 11.2. The zero-order chi connectivity index (χ0) is 13.5. The van der Waals surface area contributed by atoms with E-state index in [2.05, 4.69) is 18.6 Å². The second-order valence-electron chi connectivity index (χ2n) is 4.63. The average Bonchev–Trinajstić information content (AvgIpc) is 2.35. The lowest BCUT2D eigenvalue weighted by Crippen LogP contribution is -2.05. The summed E-state index contributed by atoms with van der Waals surface area (Å²) in [6, 6.07) is 4.91. The van der Waals surface area contributed by atoms with Crippen LogP contribution in [0.1, 0.15) is 37.0 Å². The first-order valence-electron chi connectivity index (χ1n) is 6.15. The van der Waals surface area contributed by atoms with Gasteiger partial charge in [0.05, 0.1) is 25.0 Å². The third-order valence-corrected chi connectivity index (χ3v) is 2.62. The predicted molar refractivity (Wildman–Crippen MR) is 71.8 cm³/mol. The fourth-order valence-electron chi connectivity index (χ4n) is 1.58. The Hall–Kier alpha value is -1.71. The molecule has 0 atom stereocenters. The molecule has 0 saturated carbocycles. The monoisotopic (exact) mass is 251 g/mol. The van der Waals surface area contributed by atoms with Gasteiger partial charge in [-0.15, -0.1) is 0 Å². The van der Waals surface area contributed by atoms with Crippen molar-refractivity contribution in [1.29, 1.82) is 0 Å². The smallest absolute Gasteiger partial charge is 0.337 e. The molecule has 0 radical (unpaired) electrons. The van der Waals surface area contributed by atoms with Crippen molar-refractivity contribution in [3.63, 3.8) is 0 Å². The van der Waals surface area contributed by atoms with Gasteiger partial charge in [-0.25, -0.2) is 4.79 Å². The highest BCUT2D eigenvalue weighted by atomic mass is 16.5. The number of benzene rings is 1. The molecule has 1 aromatic rings. The Morgan fingerprint density at radius 1 is 1.39 bits per heavy atom. The molecule has 0 aliphatic heterocycles. The highest BCUT2D eigenvalue weighted by Crippen LogP contribution is 2.23. The number of carbonyl (C=O) groups excluding carboxylic acids is 1. The number of anilines is 1. The molecule has 18 heavy (non-hydrogen) atoms. The molecule has 0 unspecified atom stereocenters. The van der Waals surface area contributed by atoms with Crippen LogP contribution in [-0.2, 0) is 4.74 Å². The normalized spacial score (nSPS) is 10.4. The third kappa shape index (κ3) is 4.28. The maximum atomic E-state index is 11.4. The van der Waals surface area contributed by atoms with Crippen molar-refractivity contribution < 1.29 is 14.3 Å². The quantitative estimate of drug-likeness (QED) is 0.480. The van der Waals surface area contributed by atoms with Gasteiger partial charge in [-0.3, -0.25) is 0 Å². The molecule has 0 aliphatic carbocycles. The summed E-state index contributed by atoms with van der Waals surface area (Å²) in [5.41, 5.74) is 6.78. The predicted octanol–water partition coefficient (Wildman–Crippen LogP) is 2.87. The van der Waals surface area contributed by atoms with E-state index in [1.165, 1.54) is 7.11 Å². The number of nitrogen functional groups attached to an aromatic ring is 1. The molecule has 2 N–H and O–H groups in total. The molecule has 0 amide bonds. The van der Waals surface area contributed by atoms with Gasteiger partial charge in [-0.05, 0) is 37.0 Å². The number of rotatable bonds is 6. The van der Waals surface area contributed by atoms with Gasteiger partial charge in [0.15, 0.2) is 0 Å². The van der Waals surface area contributed by atoms with Crippen LogP contribution in [-0.4, -0.2) is 19.7 Å². The number of esters is 1. The van der Waals surface area contributed by atoms with Gasteiger partial charge in [0.25, 0.3) is 0 Å². The van der Waals surface area contributed by atoms with Gasteiger partial charge in [0.2, 0.25) is 0 Å². The van der Waals surface area contributed by atoms with Gasteiger partial charge in [-0.2, -0.15) is 0 Å². The average molecular weight is 251 g/mol. The summed E-state index contributed by atoms with van der Waals surface area (Å²) in [6.45, 7) is 4.95. The number of methoxy groups -OCH3 is 1. The fraction of sp³-hybridized carbons (Fsp3) is 0.500. The standard InChI is InChI=1S/C14H21NO3/c1-10(2)5-4-8-18-13-9-11(14(16)17-3)6-7-12(13)15/h6-7,9-10H,4-5,8,15H2,1-3H3. The minimum absolute atomic E-state index is 0.387. The molecular weight excluding hydrogens is 230 g/mol. The van der Waals surface area contributed by atoms with E-state index in [0.29, 0.717) is 29.5 Å². The largest absolute Gasteiger partial charge is 0.491 e. The molecule has 4 heteroatoms. The minimum Gasteiger partial charge on any atom is -0.491 e. The summed E-state index contributed by atoms with van der Waals surface area (Å²) in [4.78, 5) is 11.4. The second kappa shape index (κ2) is 6.89. The fourth-order valence-corrected chi connectivity index (χ4v) is 1.58. The van der Waals surface area contributed by atoms with Crippen molar-refractivity contribution in [2.24, 2.45) is 5.92 Å². The molecule has 0 spiro atoms. The van der Waals surface area contributed by atoms with Crippen LogP contribution >= 0.6 is 0 Å². The number of carbonyl (C=O) groups is 1. The van der Waals surface area contributed by atoms with Gasteiger partial charge in [-0.1, -0.05) is 13.8 Å². The van der Waals surface area contributed by atoms with Crippen molar-refractivity contribution in [3.8, 4) is 5.75 Å². The maximum Gasteiger partial charge on any atom is 0.337 e. The van der Waals surface area contributed by atoms with Gasteiger partial charge in [0.1, 0.15) is 5.75 Å². The van der Waals surface area contributed by atoms with Crippen LogP contribution in [0.25, 0.3) is 0 Å². The highest BCUT2D eigenvalue weighted by Gasteiger charge is 2.09. The van der Waals surface area contributed by atoms with E-state index in [0.717, 1.165) is 12.8 Å². The highest BCUT2D eigenvalue weighted by molar-refractivity contribution is 5.90. The minimum atomic E-state index is -0.387. The first kappa shape index (κ1) is 14.4. The summed E-state index contributed by atoms with van der Waals surface area (Å²) in [7, 11) is 1.35. The van der Waals surface area contributed by atoms with Crippen LogP contribution in [0.2, 0.25) is 0 Å². The SMILES string of the molecule is COC(=O)c1ccc(N)c(OCCCC(C)C)c1. The number of ether oxygens (including phenoxy) is 2. The first-order valence-corrected chi connectivity index (χ1v) is 6.15. The van der Waals surface area contributed by atoms with E-state index in [1.54, 1.807) is 18.2 Å². The Labute approximate surface area is 108 Å². The van der Waals surface area contributed by atoms with Crippen molar-refractivity contribution >= 4 is 11.7 Å². The van der Waals surface area contributed by atoms with E-state index in [-0.39, 0.29) is 5.97 Å². The van der Waals surface area contributed by atoms with E-state index in [9.17, 15) is 4.79 Å². The van der Waals surface area contributed by atoms with Crippen LogP contribution < -0.4 is 10.5 Å². The Kier molecular flexibility index (Phi) is 5.49. The number of nitrogens with two attached hydrogens (primary N) is 1. The van der Waals surface area contributed by atoms with Gasteiger partial charge < -0.3 is 15.2 Å². The van der Waals surface area contributed by atoms with E-state index >= 15 is 0 Å². The van der Waals surface area contributed by atoms with E-state index in [1.807, 2.05) is 0 Å². The molecule has 1 rings (SSSR count). The summed E-state index contributed by atoms with van der Waals surface area (Å²) in [5.74, 6) is 0.816. The van der Waals surface area contributed by atoms with Gasteiger partial charge >= 0.3 is 5.97 Å². The van der Waals surface area contributed by atoms with Crippen LogP contribution in [0.15, 0.2) is 18.2 Å². The Bertz CT molecular complexity index is 402. The first-order chi connectivity index (χ1) is 8.54. The van der Waals surface area contributed by atoms with E-state index < -0.39 is 0 Å². The Balaban J connectivity index is 2.61. The van der Waals surface area contributed by atoms with Gasteiger partial charge in [0, 0.05) is 0 Å². The molecule has 0 heterocycles. The molecule has 1 aromatic carbocycles. The third-order valence-electron chi connectivity index (χ3n) is 2.62. The van der Waals surface area contributed by atoms with Crippen molar-refractivity contribution in [3.05, 3.63) is 23.8 Å². The molecule has 100 valence electrons. The lowest BCUT2D eigenvalue weighted by molar-refractivity contribution is 0.0600. The van der Waals surface area contributed by atoms with Crippen LogP contribution in [0.3, 0.4) is 0 Å². The lowest BCUT2D eigenvalue weighted by Gasteiger charge is -2.11. The summed E-state index contributed by atoms with van der Waals surface area (Å²) >= 11 is 0. The topological polar surface area (TPSA) is 61.5 Å². The molecule has 0 fully saturated rings. The summed E-state index contributed by atoms with van der Waals surface area (Å²) < 4.78 is 10.2. The number of hydrogen-bond donors (Lipinski definition) is 1. The zero-order valence-corrected chi connectivity index (χ0v) is 11.2. The van der Waals surface area contributed by atoms with Crippen molar-refractivity contribution in [1.82, 2.24) is 0 Å². The molecule has 0 saturated heterocycles. The van der Waals surface area contributed by atoms with Crippen molar-refractivity contribution in [2.45, 2.75) is 26.7 Å². The van der Waals surface area contributed by atoms with Crippen LogP contribution in [0, 0.1) is 5.92 Å². The van der Waals surface area contributed by atoms with Crippen LogP contribution in [0.5, 0.6) is 5.75 Å². The van der Waals surface area contributed by atoms with Crippen molar-refractivity contribution in [2.75, 3.05) is 19.5 Å².